The maximum atomic E-state index is 0. The number of rotatable bonds is 0. The zero-order valence-corrected chi connectivity index (χ0v) is 0.816. The van der Waals surface area contributed by atoms with Crippen molar-refractivity contribution in [3.05, 3.63) is 0 Å². The van der Waals surface area contributed by atoms with Gasteiger partial charge in [0.15, 0.2) is 0 Å². The molecule has 0 fully saturated rings. The van der Waals surface area contributed by atoms with Crippen molar-refractivity contribution < 1.29 is 9.41 Å². The first-order valence-electron chi connectivity index (χ1n) is 0. The summed E-state index contributed by atoms with van der Waals surface area (Å²) in [4.78, 5) is 0. The number of hydrogen-bond donors (Lipinski definition) is 0. The Bertz CT molecular complexity index is 4.85. The molecule has 0 radical (unpaired) electrons. The molecule has 40 valence electrons. The molecule has 0 aromatic rings. The molecule has 0 N–H and O–H groups in total. The Morgan fingerprint density at radius 2 is 0.400 bits per heavy atom. The summed E-state index contributed by atoms with van der Waals surface area (Å²) in [5.41, 5.74) is 0. The van der Waals surface area contributed by atoms with E-state index in [1.54, 1.807) is 0 Å². The molecule has 0 aliphatic heterocycles. The fraction of sp³-hybridized carbons (Fsp3) is 1.00. The smallest absolute Gasteiger partial charge is 0.0776 e. The Labute approximate surface area is 32.9 Å². The molecule has 0 bridgehead atoms. The highest BCUT2D eigenvalue weighted by Crippen LogP contribution is 0.421. The first-order valence-corrected chi connectivity index (χ1v) is 0. The zero-order chi connectivity index (χ0) is 0. The average Bonchev–Trinajstić information content (AvgIpc) is 0. The minimum Gasteiger partial charge on any atom is -0.269 e. The molecule has 0 aromatic carbocycles. The molecular formula is C3H14F2. The second-order valence-corrected chi connectivity index (χ2v) is 0. The van der Waals surface area contributed by atoms with Gasteiger partial charge in [-0.3, -0.25) is 9.41 Å². The summed E-state index contributed by atoms with van der Waals surface area (Å²) in [5, 5.41) is 0. The van der Waals surface area contributed by atoms with Crippen molar-refractivity contribution >= 4 is 0 Å². The molecule has 5 heavy (non-hydrogen) atoms. The molecular weight excluding hydrogens is 74.0 g/mol. The van der Waals surface area contributed by atoms with Gasteiger partial charge in [-0.05, 0) is 0 Å². The Morgan fingerprint density at radius 3 is 0.400 bits per heavy atom. The van der Waals surface area contributed by atoms with E-state index in [4.69, 9.17) is 0 Å². The van der Waals surface area contributed by atoms with Crippen molar-refractivity contribution in [2.45, 2.75) is 22.3 Å². The van der Waals surface area contributed by atoms with E-state index in [1.807, 2.05) is 0 Å². The molecule has 0 rings (SSSR count). The molecule has 2 heteroatoms. The minimum absolute atomic E-state index is 0. The monoisotopic (exact) mass is 88.1 g/mol. The fourth-order valence-corrected chi connectivity index (χ4v) is 0. The molecule has 0 aliphatic carbocycles. The highest BCUT2D eigenvalue weighted by atomic mass is 19.0. The summed E-state index contributed by atoms with van der Waals surface area (Å²) < 4.78 is 0. The lowest BCUT2D eigenvalue weighted by atomic mass is 12.0. The fourth-order valence-electron chi connectivity index (χ4n) is 0. The largest absolute Gasteiger partial charge is 0.269 e. The summed E-state index contributed by atoms with van der Waals surface area (Å²) >= 11 is 0. The number of halogens is 2. The molecule has 0 heterocycles. The normalized spacial score (nSPS) is 0. The zero-order valence-electron chi connectivity index (χ0n) is 0.816. The van der Waals surface area contributed by atoms with Gasteiger partial charge in [-0.1, -0.05) is 22.3 Å². The summed E-state index contributed by atoms with van der Waals surface area (Å²) in [6.07, 6.45) is 0. The van der Waals surface area contributed by atoms with Gasteiger partial charge < -0.3 is 0 Å². The van der Waals surface area contributed by atoms with Crippen LogP contribution in [0, 0.1) is 0 Å². The molecule has 0 saturated carbocycles. The van der Waals surface area contributed by atoms with Gasteiger partial charge in [0.05, 0.1) is 0 Å². The van der Waals surface area contributed by atoms with Crippen LogP contribution < -0.4 is 0 Å². The van der Waals surface area contributed by atoms with Gasteiger partial charge in [-0.2, -0.15) is 0 Å². The first kappa shape index (κ1) is 3690. The Kier molecular flexibility index (Phi) is 1190000. The first-order chi connectivity index (χ1) is 0. The lowest BCUT2D eigenvalue weighted by Crippen LogP contribution is 0.143. The van der Waals surface area contributed by atoms with Gasteiger partial charge in [-0.15, -0.1) is 0 Å². The van der Waals surface area contributed by atoms with E-state index >= 15 is 0 Å². The second kappa shape index (κ2) is 1610. The quantitative estimate of drug-likeness (QED) is 0.426. The summed E-state index contributed by atoms with van der Waals surface area (Å²) in [5.74, 6) is 0. The molecule has 0 saturated heterocycles. The van der Waals surface area contributed by atoms with Crippen LogP contribution in [-0.2, 0) is 0 Å². The molecule has 0 unspecified atom stereocenters. The standard InChI is InChI=1S/3CH4.2FH/h3*1H4;2*1H. The summed E-state index contributed by atoms with van der Waals surface area (Å²) in [7, 11) is 0. The third-order valence-corrected chi connectivity index (χ3v) is 0. The van der Waals surface area contributed by atoms with Gasteiger partial charge in [0.2, 0.25) is 0 Å². The Morgan fingerprint density at radius 1 is 0.400 bits per heavy atom. The summed E-state index contributed by atoms with van der Waals surface area (Å²) in [6, 6.07) is 0. The van der Waals surface area contributed by atoms with Crippen molar-refractivity contribution in [1.29, 1.82) is 0 Å². The van der Waals surface area contributed by atoms with Crippen LogP contribution in [-0.4, -0.2) is 0 Å². The van der Waals surface area contributed by atoms with Crippen LogP contribution in [0.1, 0.15) is 22.3 Å². The maximum absolute atomic E-state index is 0. The highest BCUT2D eigenvalue weighted by molar-refractivity contribution is 2.51. The van der Waals surface area contributed by atoms with Crippen LogP contribution in [0.5, 0.6) is 0 Å². The van der Waals surface area contributed by atoms with Gasteiger partial charge in [0.1, 0.15) is 0 Å². The van der Waals surface area contributed by atoms with Crippen molar-refractivity contribution in [2.24, 2.45) is 0 Å². The predicted octanol–water partition coefficient (Wildman–Crippen LogP) is 2.21. The van der Waals surface area contributed by atoms with E-state index in [1.165, 1.54) is 0 Å². The third kappa shape index (κ3) is 681. The van der Waals surface area contributed by atoms with Crippen LogP contribution >= 0.6 is 0 Å². The molecule has 0 nitrogen and oxygen atoms in total. The lowest BCUT2D eigenvalue weighted by Gasteiger charge is -0.270. The van der Waals surface area contributed by atoms with Crippen molar-refractivity contribution in [1.82, 2.24) is 0 Å². The third-order valence-electron chi connectivity index (χ3n) is 0. The second-order valence-electron chi connectivity index (χ2n) is 0. The van der Waals surface area contributed by atoms with Crippen LogP contribution in [0.3, 0.4) is 0 Å². The van der Waals surface area contributed by atoms with Gasteiger partial charge in [0, 0.05) is 0 Å². The molecule has 0 aliphatic rings. The maximum Gasteiger partial charge on any atom is -0.0776 e. The van der Waals surface area contributed by atoms with E-state index in [0.29, 0.717) is 0 Å². The predicted molar refractivity (Wildman–Crippen MR) is 25.2 cm³/mol. The lowest BCUT2D eigenvalue weighted by molar-refractivity contribution is 1.11. The summed E-state index contributed by atoms with van der Waals surface area (Å²) in [6.45, 7) is 0. The molecule has 0 atom stereocenters. The highest BCUT2D eigenvalue weighted by Gasteiger charge is -0.0755. The topological polar surface area (TPSA) is 0 Å². The SMILES string of the molecule is C.C.C.F.F. The van der Waals surface area contributed by atoms with Crippen molar-refractivity contribution in [2.75, 3.05) is 0 Å². The van der Waals surface area contributed by atoms with E-state index in [-0.39, 0.29) is 31.7 Å². The number of hydrogen-bond acceptors (Lipinski definition) is 0. The van der Waals surface area contributed by atoms with Crippen LogP contribution in [0.25, 0.3) is 0 Å². The van der Waals surface area contributed by atoms with Crippen LogP contribution in [0.4, 0.5) is 9.41 Å². The van der Waals surface area contributed by atoms with E-state index in [9.17, 15) is 0 Å². The van der Waals surface area contributed by atoms with Crippen LogP contribution in [0.2, 0.25) is 0 Å². The van der Waals surface area contributed by atoms with Crippen molar-refractivity contribution in [3.63, 3.8) is 0 Å². The van der Waals surface area contributed by atoms with Gasteiger partial charge in [0.25, 0.3) is 0 Å². The van der Waals surface area contributed by atoms with E-state index < -0.39 is 0 Å². The minimum atomic E-state index is 0. The molecule has 0 aromatic heterocycles. The molecule has 0 spiro atoms. The van der Waals surface area contributed by atoms with Crippen molar-refractivity contribution in [3.8, 4) is 0 Å². The Balaban J connectivity index is 0. The van der Waals surface area contributed by atoms with E-state index in [0.717, 1.165) is 0 Å². The van der Waals surface area contributed by atoms with E-state index in [2.05, 4.69) is 0 Å². The van der Waals surface area contributed by atoms with Gasteiger partial charge >= 0.3 is 0 Å². The average molecular weight is 88.1 g/mol. The van der Waals surface area contributed by atoms with Crippen LogP contribution in [0.15, 0.2) is 0 Å². The Hall–Kier alpha value is -0.140. The van der Waals surface area contributed by atoms with Gasteiger partial charge in [-0.25, -0.2) is 0 Å². The molecule has 0 amide bonds.